The summed E-state index contributed by atoms with van der Waals surface area (Å²) in [5.41, 5.74) is 1.59. The molecule has 1 heterocycles. The summed E-state index contributed by atoms with van der Waals surface area (Å²) in [7, 11) is 0. The third kappa shape index (κ3) is 5.02. The van der Waals surface area contributed by atoms with Gasteiger partial charge < -0.3 is 4.74 Å². The highest BCUT2D eigenvalue weighted by Crippen LogP contribution is 2.33. The van der Waals surface area contributed by atoms with Gasteiger partial charge in [-0.15, -0.1) is 0 Å². The smallest absolute Gasteiger partial charge is 0.0889 e. The monoisotopic (exact) mass is 156 g/mol. The number of rotatable bonds is 0. The minimum absolute atomic E-state index is 0.208. The van der Waals surface area contributed by atoms with Crippen LogP contribution in [0.2, 0.25) is 0 Å². The zero-order valence-electron chi connectivity index (χ0n) is 8.56. The van der Waals surface area contributed by atoms with Gasteiger partial charge in [-0.3, -0.25) is 0 Å². The van der Waals surface area contributed by atoms with Crippen molar-refractivity contribution in [1.29, 1.82) is 0 Å². The van der Waals surface area contributed by atoms with Gasteiger partial charge in [0.1, 0.15) is 0 Å². The number of allylic oxidation sites excluding steroid dienone is 2. The summed E-state index contributed by atoms with van der Waals surface area (Å²) >= 11 is 0. The van der Waals surface area contributed by atoms with Crippen LogP contribution in [0.1, 0.15) is 41.5 Å². The molecule has 1 rings (SSSR count). The fourth-order valence-electron chi connectivity index (χ4n) is 0.422. The van der Waals surface area contributed by atoms with E-state index in [4.69, 9.17) is 4.74 Å². The van der Waals surface area contributed by atoms with Gasteiger partial charge in [-0.05, 0) is 41.5 Å². The van der Waals surface area contributed by atoms with Crippen LogP contribution in [-0.4, -0.2) is 11.7 Å². The fraction of sp³-hybridized carbons (Fsp3) is 0.800. The largest absolute Gasteiger partial charge is 0.367 e. The molecule has 1 nitrogen and oxygen atoms in total. The third-order valence-corrected chi connectivity index (χ3v) is 1.98. The van der Waals surface area contributed by atoms with Gasteiger partial charge >= 0.3 is 0 Å². The Hall–Kier alpha value is -0.300. The highest BCUT2D eigenvalue weighted by molar-refractivity contribution is 4.90. The first-order valence-electron chi connectivity index (χ1n) is 4.17. The maximum absolute atomic E-state index is 5.10. The average Bonchev–Trinajstić information content (AvgIpc) is 2.39. The zero-order chi connectivity index (χ0) is 9.07. The molecule has 0 aromatic heterocycles. The molecular formula is C10H20O. The van der Waals surface area contributed by atoms with Crippen molar-refractivity contribution in [2.24, 2.45) is 0 Å². The molecule has 11 heavy (non-hydrogen) atoms. The van der Waals surface area contributed by atoms with Crippen molar-refractivity contribution in [3.05, 3.63) is 11.6 Å². The van der Waals surface area contributed by atoms with E-state index in [0.717, 1.165) is 0 Å². The average molecular weight is 156 g/mol. The van der Waals surface area contributed by atoms with Gasteiger partial charge in [-0.2, -0.15) is 0 Å². The number of ether oxygens (including phenoxy) is 1. The Morgan fingerprint density at radius 1 is 1.36 bits per heavy atom. The van der Waals surface area contributed by atoms with Crippen LogP contribution in [0.3, 0.4) is 0 Å². The molecule has 0 aromatic rings. The lowest BCUT2D eigenvalue weighted by molar-refractivity contribution is 0.328. The topological polar surface area (TPSA) is 12.5 Å². The molecule has 1 aliphatic heterocycles. The van der Waals surface area contributed by atoms with Gasteiger partial charge in [0.15, 0.2) is 0 Å². The lowest BCUT2D eigenvalue weighted by Crippen LogP contribution is -1.97. The van der Waals surface area contributed by atoms with Crippen molar-refractivity contribution in [1.82, 2.24) is 0 Å². The molecule has 0 aromatic carbocycles. The predicted octanol–water partition coefficient (Wildman–Crippen LogP) is 3.16. The highest BCUT2D eigenvalue weighted by atomic mass is 16.6. The van der Waals surface area contributed by atoms with Gasteiger partial charge in [-0.1, -0.05) is 11.6 Å². The Balaban J connectivity index is 0.000000187. The van der Waals surface area contributed by atoms with Gasteiger partial charge in [0.2, 0.25) is 0 Å². The Labute approximate surface area is 70.4 Å². The fourth-order valence-corrected chi connectivity index (χ4v) is 0.422. The molecule has 1 atom stereocenters. The first-order chi connectivity index (χ1) is 4.90. The number of epoxide rings is 1. The Morgan fingerprint density at radius 2 is 1.55 bits per heavy atom. The van der Waals surface area contributed by atoms with Crippen LogP contribution in [0.5, 0.6) is 0 Å². The van der Waals surface area contributed by atoms with E-state index in [-0.39, 0.29) is 5.60 Å². The Kier molecular flexibility index (Phi) is 3.81. The van der Waals surface area contributed by atoms with Crippen molar-refractivity contribution in [3.8, 4) is 0 Å². The van der Waals surface area contributed by atoms with Crippen LogP contribution in [0, 0.1) is 0 Å². The second kappa shape index (κ2) is 3.91. The molecule has 1 unspecified atom stereocenters. The summed E-state index contributed by atoms with van der Waals surface area (Å²) in [6.45, 7) is 12.5. The second-order valence-electron chi connectivity index (χ2n) is 3.73. The van der Waals surface area contributed by atoms with Crippen LogP contribution < -0.4 is 0 Å². The molecule has 0 amide bonds. The maximum atomic E-state index is 5.10. The van der Waals surface area contributed by atoms with Crippen LogP contribution >= 0.6 is 0 Å². The molecule has 0 saturated carbocycles. The standard InChI is InChI=1S/C5H10O.C5H10/c1-4-5(2,3)6-4;1-4-5(2)3/h4H,1-3H3;4H,1-3H3. The predicted molar refractivity (Wildman–Crippen MR) is 49.7 cm³/mol. The summed E-state index contributed by atoms with van der Waals surface area (Å²) in [5, 5.41) is 0. The van der Waals surface area contributed by atoms with E-state index in [9.17, 15) is 0 Å². The van der Waals surface area contributed by atoms with Gasteiger partial charge in [0, 0.05) is 0 Å². The first-order valence-corrected chi connectivity index (χ1v) is 4.17. The van der Waals surface area contributed by atoms with E-state index in [0.29, 0.717) is 6.10 Å². The minimum atomic E-state index is 0.208. The Morgan fingerprint density at radius 3 is 1.55 bits per heavy atom. The van der Waals surface area contributed by atoms with Crippen molar-refractivity contribution >= 4 is 0 Å². The molecule has 0 spiro atoms. The molecule has 66 valence electrons. The molecule has 0 bridgehead atoms. The highest BCUT2D eigenvalue weighted by Gasteiger charge is 2.43. The Bertz CT molecular complexity index is 141. The summed E-state index contributed by atoms with van der Waals surface area (Å²) < 4.78 is 5.10. The van der Waals surface area contributed by atoms with E-state index in [1.165, 1.54) is 5.57 Å². The van der Waals surface area contributed by atoms with Crippen molar-refractivity contribution in [2.45, 2.75) is 53.2 Å². The van der Waals surface area contributed by atoms with Gasteiger partial charge in [0.25, 0.3) is 0 Å². The quantitative estimate of drug-likeness (QED) is 0.387. The third-order valence-electron chi connectivity index (χ3n) is 1.98. The SMILES string of the molecule is CC1OC1(C)C.CC=C(C)C. The lowest BCUT2D eigenvalue weighted by atomic mass is 10.2. The van der Waals surface area contributed by atoms with Gasteiger partial charge in [-0.25, -0.2) is 0 Å². The summed E-state index contributed by atoms with van der Waals surface area (Å²) in [6, 6.07) is 0. The number of hydrogen-bond acceptors (Lipinski definition) is 1. The molecule has 0 radical (unpaired) electrons. The van der Waals surface area contributed by atoms with E-state index in [1.807, 2.05) is 6.92 Å². The summed E-state index contributed by atoms with van der Waals surface area (Å²) in [4.78, 5) is 0. The van der Waals surface area contributed by atoms with Crippen LogP contribution in [-0.2, 0) is 4.74 Å². The molecule has 0 N–H and O–H groups in total. The van der Waals surface area contributed by atoms with Crippen molar-refractivity contribution < 1.29 is 4.74 Å². The second-order valence-corrected chi connectivity index (χ2v) is 3.73. The summed E-state index contributed by atoms with van der Waals surface area (Å²) in [6.07, 6.45) is 2.58. The van der Waals surface area contributed by atoms with E-state index in [2.05, 4.69) is 40.7 Å². The molecule has 1 saturated heterocycles. The van der Waals surface area contributed by atoms with E-state index >= 15 is 0 Å². The molecule has 0 aliphatic carbocycles. The molecule has 1 heteroatoms. The summed E-state index contributed by atoms with van der Waals surface area (Å²) in [5.74, 6) is 0. The minimum Gasteiger partial charge on any atom is -0.367 e. The van der Waals surface area contributed by atoms with E-state index in [1.54, 1.807) is 0 Å². The van der Waals surface area contributed by atoms with Gasteiger partial charge in [0.05, 0.1) is 11.7 Å². The van der Waals surface area contributed by atoms with Crippen molar-refractivity contribution in [3.63, 3.8) is 0 Å². The molecule has 1 aliphatic rings. The maximum Gasteiger partial charge on any atom is 0.0889 e. The van der Waals surface area contributed by atoms with Crippen LogP contribution in [0.15, 0.2) is 11.6 Å². The van der Waals surface area contributed by atoms with Crippen LogP contribution in [0.25, 0.3) is 0 Å². The van der Waals surface area contributed by atoms with E-state index < -0.39 is 0 Å². The number of hydrogen-bond donors (Lipinski definition) is 0. The molecular weight excluding hydrogens is 136 g/mol. The lowest BCUT2D eigenvalue weighted by Gasteiger charge is -1.84. The van der Waals surface area contributed by atoms with Crippen molar-refractivity contribution in [2.75, 3.05) is 0 Å². The zero-order valence-corrected chi connectivity index (χ0v) is 8.56. The molecule has 1 fully saturated rings. The first kappa shape index (κ1) is 10.7. The normalized spacial score (nSPS) is 24.7. The van der Waals surface area contributed by atoms with Crippen LogP contribution in [0.4, 0.5) is 0 Å².